The Bertz CT molecular complexity index is 1340. The summed E-state index contributed by atoms with van der Waals surface area (Å²) in [5, 5.41) is 9.42. The van der Waals surface area contributed by atoms with Crippen molar-refractivity contribution in [3.05, 3.63) is 95.8 Å². The van der Waals surface area contributed by atoms with Crippen LogP contribution in [0.3, 0.4) is 0 Å². The van der Waals surface area contributed by atoms with E-state index in [4.69, 9.17) is 19.6 Å². The van der Waals surface area contributed by atoms with E-state index in [0.29, 0.717) is 30.3 Å². The molecule has 5 rings (SSSR count). The fourth-order valence-corrected chi connectivity index (χ4v) is 3.98. The first kappa shape index (κ1) is 21.5. The summed E-state index contributed by atoms with van der Waals surface area (Å²) in [5.41, 5.74) is 2.72. The lowest BCUT2D eigenvalue weighted by Gasteiger charge is -2.23. The number of nitrogens with one attached hydrogen (secondary N) is 1. The van der Waals surface area contributed by atoms with Crippen LogP contribution in [0, 0.1) is 5.41 Å². The lowest BCUT2D eigenvalue weighted by atomic mass is 10.0. The number of pyridine rings is 1. The van der Waals surface area contributed by atoms with Gasteiger partial charge >= 0.3 is 0 Å². The van der Waals surface area contributed by atoms with Crippen LogP contribution in [-0.4, -0.2) is 35.4 Å². The maximum Gasteiger partial charge on any atom is 0.261 e. The molecule has 0 atom stereocenters. The van der Waals surface area contributed by atoms with Gasteiger partial charge in [-0.1, -0.05) is 30.3 Å². The molecule has 0 saturated heterocycles. The zero-order valence-electron chi connectivity index (χ0n) is 18.4. The van der Waals surface area contributed by atoms with Crippen LogP contribution in [0.2, 0.25) is 0 Å². The van der Waals surface area contributed by atoms with E-state index < -0.39 is 0 Å². The Morgan fingerprint density at radius 1 is 0.941 bits per heavy atom. The van der Waals surface area contributed by atoms with E-state index in [1.54, 1.807) is 23.4 Å². The van der Waals surface area contributed by atoms with E-state index in [0.717, 1.165) is 27.5 Å². The number of rotatable bonds is 8. The number of carbonyl (C=O) groups excluding carboxylic acids is 1. The second kappa shape index (κ2) is 9.62. The molecule has 1 aliphatic rings. The lowest BCUT2D eigenvalue weighted by Crippen LogP contribution is -2.34. The zero-order chi connectivity index (χ0) is 23.3. The fourth-order valence-electron chi connectivity index (χ4n) is 3.98. The summed E-state index contributed by atoms with van der Waals surface area (Å²) in [6, 6.07) is 20.8. The predicted molar refractivity (Wildman–Crippen MR) is 128 cm³/mol. The Balaban J connectivity index is 1.36. The average molecular weight is 453 g/mol. The second-order valence-electron chi connectivity index (χ2n) is 7.92. The van der Waals surface area contributed by atoms with Gasteiger partial charge in [0.05, 0.1) is 0 Å². The molecule has 4 aromatic rings. The third-order valence-corrected chi connectivity index (χ3v) is 5.71. The number of amides is 1. The molecule has 34 heavy (non-hydrogen) atoms. The first-order valence-electron chi connectivity index (χ1n) is 10.9. The van der Waals surface area contributed by atoms with Gasteiger partial charge in [0, 0.05) is 42.6 Å². The van der Waals surface area contributed by atoms with Gasteiger partial charge in [0.2, 0.25) is 6.79 Å². The number of carbonyl (C=O) groups is 1. The topological polar surface area (TPSA) is 84.7 Å². The summed E-state index contributed by atoms with van der Waals surface area (Å²) in [7, 11) is 0. The van der Waals surface area contributed by atoms with Crippen molar-refractivity contribution >= 4 is 22.9 Å². The van der Waals surface area contributed by atoms with Crippen molar-refractivity contribution in [2.45, 2.75) is 13.1 Å². The van der Waals surface area contributed by atoms with Crippen molar-refractivity contribution in [3.63, 3.8) is 0 Å². The van der Waals surface area contributed by atoms with Gasteiger partial charge in [0.1, 0.15) is 5.75 Å². The molecule has 0 fully saturated rings. The van der Waals surface area contributed by atoms with E-state index in [1.807, 2.05) is 60.7 Å². The van der Waals surface area contributed by atoms with Gasteiger partial charge in [-0.2, -0.15) is 0 Å². The van der Waals surface area contributed by atoms with Crippen LogP contribution in [0.1, 0.15) is 16.7 Å². The van der Waals surface area contributed by atoms with E-state index in [9.17, 15) is 4.79 Å². The average Bonchev–Trinajstić information content (AvgIpc) is 3.35. The quantitative estimate of drug-likeness (QED) is 0.395. The molecule has 1 aromatic heterocycles. The highest BCUT2D eigenvalue weighted by Crippen LogP contribution is 2.33. The molecule has 0 aliphatic carbocycles. The summed E-state index contributed by atoms with van der Waals surface area (Å²) in [6.45, 7) is 0.919. The molecule has 0 radical (unpaired) electrons. The van der Waals surface area contributed by atoms with E-state index in [2.05, 4.69) is 4.98 Å². The predicted octanol–water partition coefficient (Wildman–Crippen LogP) is 4.57. The zero-order valence-corrected chi connectivity index (χ0v) is 18.4. The minimum atomic E-state index is -0.144. The summed E-state index contributed by atoms with van der Waals surface area (Å²) < 4.78 is 16.9. The minimum Gasteiger partial charge on any atom is -0.483 e. The maximum absolute atomic E-state index is 13.3. The molecular formula is C27H23N3O4. The molecule has 3 aromatic carbocycles. The first-order valence-corrected chi connectivity index (χ1v) is 10.9. The van der Waals surface area contributed by atoms with Crippen LogP contribution < -0.4 is 14.2 Å². The minimum absolute atomic E-state index is 0.108. The van der Waals surface area contributed by atoms with Gasteiger partial charge in [0.15, 0.2) is 18.1 Å². The summed E-state index contributed by atoms with van der Waals surface area (Å²) in [5.74, 6) is 1.86. The van der Waals surface area contributed by atoms with Crippen molar-refractivity contribution in [1.82, 2.24) is 9.88 Å². The van der Waals surface area contributed by atoms with Gasteiger partial charge in [-0.05, 0) is 52.9 Å². The standard InChI is InChI=1S/C27H23N3O4/c28-14-21-6-8-24(23-4-2-1-3-22(21)23)32-17-27(31)30(15-19-9-11-29-12-10-19)16-20-5-7-25-26(13-20)34-18-33-25/h1-14,28H,15-18H2. The van der Waals surface area contributed by atoms with Crippen molar-refractivity contribution < 1.29 is 19.0 Å². The normalized spacial score (nSPS) is 11.9. The van der Waals surface area contributed by atoms with E-state index in [1.165, 1.54) is 6.21 Å². The van der Waals surface area contributed by atoms with Crippen LogP contribution >= 0.6 is 0 Å². The molecule has 2 heterocycles. The highest BCUT2D eigenvalue weighted by atomic mass is 16.7. The molecule has 1 aliphatic heterocycles. The van der Waals surface area contributed by atoms with Crippen LogP contribution in [0.4, 0.5) is 0 Å². The molecule has 0 unspecified atom stereocenters. The molecule has 0 spiro atoms. The number of hydrogen-bond donors (Lipinski definition) is 1. The second-order valence-corrected chi connectivity index (χ2v) is 7.92. The number of nitrogens with zero attached hydrogens (tertiary/aromatic N) is 2. The van der Waals surface area contributed by atoms with Gasteiger partial charge < -0.3 is 24.5 Å². The molecule has 7 heteroatoms. The number of benzene rings is 3. The lowest BCUT2D eigenvalue weighted by molar-refractivity contribution is -0.134. The number of hydrogen-bond acceptors (Lipinski definition) is 6. The molecule has 0 bridgehead atoms. The van der Waals surface area contributed by atoms with Crippen molar-refractivity contribution in [3.8, 4) is 17.2 Å². The number of fused-ring (bicyclic) bond motifs is 2. The Morgan fingerprint density at radius 2 is 1.71 bits per heavy atom. The fraction of sp³-hybridized carbons (Fsp3) is 0.148. The molecule has 7 nitrogen and oxygen atoms in total. The third-order valence-electron chi connectivity index (χ3n) is 5.71. The summed E-state index contributed by atoms with van der Waals surface area (Å²) in [6.07, 6.45) is 4.75. The largest absolute Gasteiger partial charge is 0.483 e. The number of ether oxygens (including phenoxy) is 3. The third kappa shape index (κ3) is 4.54. The molecule has 170 valence electrons. The van der Waals surface area contributed by atoms with Gasteiger partial charge in [-0.3, -0.25) is 9.78 Å². The molecule has 1 amide bonds. The smallest absolute Gasteiger partial charge is 0.261 e. The Kier molecular flexibility index (Phi) is 6.07. The Morgan fingerprint density at radius 3 is 2.53 bits per heavy atom. The van der Waals surface area contributed by atoms with Crippen LogP contribution in [-0.2, 0) is 17.9 Å². The monoisotopic (exact) mass is 453 g/mol. The van der Waals surface area contributed by atoms with Crippen molar-refractivity contribution in [2.75, 3.05) is 13.4 Å². The maximum atomic E-state index is 13.3. The van der Waals surface area contributed by atoms with Crippen molar-refractivity contribution in [2.24, 2.45) is 0 Å². The Labute approximate surface area is 197 Å². The van der Waals surface area contributed by atoms with Gasteiger partial charge in [-0.25, -0.2) is 0 Å². The van der Waals surface area contributed by atoms with Crippen LogP contribution in [0.5, 0.6) is 17.2 Å². The Hall–Kier alpha value is -4.39. The van der Waals surface area contributed by atoms with E-state index in [-0.39, 0.29) is 19.3 Å². The summed E-state index contributed by atoms with van der Waals surface area (Å²) in [4.78, 5) is 19.1. The SMILES string of the molecule is N=Cc1ccc(OCC(=O)N(Cc2ccncc2)Cc2ccc3c(c2)OCO3)c2ccccc12. The first-order chi connectivity index (χ1) is 16.7. The van der Waals surface area contributed by atoms with Gasteiger partial charge in [-0.15, -0.1) is 0 Å². The summed E-state index contributed by atoms with van der Waals surface area (Å²) >= 11 is 0. The van der Waals surface area contributed by atoms with E-state index >= 15 is 0 Å². The highest BCUT2D eigenvalue weighted by molar-refractivity contribution is 6.01. The molecule has 1 N–H and O–H groups in total. The van der Waals surface area contributed by atoms with Crippen LogP contribution in [0.15, 0.2) is 79.1 Å². The highest BCUT2D eigenvalue weighted by Gasteiger charge is 2.19. The molecular weight excluding hydrogens is 430 g/mol. The van der Waals surface area contributed by atoms with Crippen LogP contribution in [0.25, 0.3) is 10.8 Å². The van der Waals surface area contributed by atoms with Gasteiger partial charge in [0.25, 0.3) is 5.91 Å². The number of aromatic nitrogens is 1. The van der Waals surface area contributed by atoms with Crippen molar-refractivity contribution in [1.29, 1.82) is 5.41 Å². The molecule has 0 saturated carbocycles.